The van der Waals surface area contributed by atoms with Crippen molar-refractivity contribution >= 4 is 16.6 Å². The number of hydrogen-bond acceptors (Lipinski definition) is 3. The first-order valence-electron chi connectivity index (χ1n) is 4.44. The van der Waals surface area contributed by atoms with Crippen molar-refractivity contribution in [2.75, 3.05) is 7.11 Å². The van der Waals surface area contributed by atoms with E-state index in [9.17, 15) is 10.1 Å². The Hall–Kier alpha value is -2.04. The highest BCUT2D eigenvalue weighted by atomic mass is 16.6. The Labute approximate surface area is 85.8 Å². The third kappa shape index (κ3) is 1.32. The fourth-order valence-corrected chi connectivity index (χ4v) is 1.74. The summed E-state index contributed by atoms with van der Waals surface area (Å²) in [4.78, 5) is 13.3. The zero-order chi connectivity index (χ0) is 11.0. The summed E-state index contributed by atoms with van der Waals surface area (Å²) < 4.78 is 5.21. The third-order valence-electron chi connectivity index (χ3n) is 2.36. The Morgan fingerprint density at radius 3 is 2.87 bits per heavy atom. The van der Waals surface area contributed by atoms with Gasteiger partial charge in [-0.3, -0.25) is 10.1 Å². The van der Waals surface area contributed by atoms with E-state index in [1.807, 2.05) is 0 Å². The molecule has 0 radical (unpaired) electrons. The van der Waals surface area contributed by atoms with Crippen LogP contribution in [0.5, 0.6) is 5.75 Å². The molecule has 2 rings (SSSR count). The molecule has 0 fully saturated rings. The minimum Gasteiger partial charge on any atom is -0.496 e. The Bertz CT molecular complexity index is 531. The number of nitrogens with zero attached hydrogens (tertiary/aromatic N) is 1. The Balaban J connectivity index is 2.86. The molecule has 1 aromatic carbocycles. The molecule has 1 N–H and O–H groups in total. The molecule has 5 nitrogen and oxygen atoms in total. The van der Waals surface area contributed by atoms with E-state index in [1.54, 1.807) is 26.3 Å². The van der Waals surface area contributed by atoms with Crippen LogP contribution in [0, 0.1) is 17.0 Å². The third-order valence-corrected chi connectivity index (χ3v) is 2.36. The number of nitro benzene ring substituents is 1. The molecule has 0 saturated heterocycles. The largest absolute Gasteiger partial charge is 0.496 e. The van der Waals surface area contributed by atoms with E-state index in [0.29, 0.717) is 11.3 Å². The van der Waals surface area contributed by atoms with Crippen molar-refractivity contribution in [3.8, 4) is 5.75 Å². The highest BCUT2D eigenvalue weighted by molar-refractivity contribution is 5.94. The zero-order valence-corrected chi connectivity index (χ0v) is 8.40. The Morgan fingerprint density at radius 1 is 1.53 bits per heavy atom. The maximum Gasteiger partial charge on any atom is 0.293 e. The lowest BCUT2D eigenvalue weighted by Gasteiger charge is -2.06. The molecule has 1 aromatic heterocycles. The summed E-state index contributed by atoms with van der Waals surface area (Å²) in [6, 6.07) is 3.28. The van der Waals surface area contributed by atoms with Crippen LogP contribution < -0.4 is 4.74 Å². The van der Waals surface area contributed by atoms with Crippen molar-refractivity contribution in [3.05, 3.63) is 34.0 Å². The molecule has 0 aliphatic rings. The normalized spacial score (nSPS) is 10.5. The smallest absolute Gasteiger partial charge is 0.293 e. The summed E-state index contributed by atoms with van der Waals surface area (Å²) in [6.45, 7) is 1.79. The summed E-state index contributed by atoms with van der Waals surface area (Å²) in [5.74, 6) is 0.678. The molecule has 15 heavy (non-hydrogen) atoms. The first kappa shape index (κ1) is 9.51. The minimum absolute atomic E-state index is 0.0771. The average molecular weight is 206 g/mol. The molecule has 0 bridgehead atoms. The van der Waals surface area contributed by atoms with Gasteiger partial charge in [0.2, 0.25) is 0 Å². The van der Waals surface area contributed by atoms with Gasteiger partial charge < -0.3 is 9.72 Å². The predicted octanol–water partition coefficient (Wildman–Crippen LogP) is 2.39. The van der Waals surface area contributed by atoms with Crippen molar-refractivity contribution in [2.45, 2.75) is 6.92 Å². The number of aromatic nitrogens is 1. The van der Waals surface area contributed by atoms with Gasteiger partial charge in [-0.15, -0.1) is 0 Å². The summed E-state index contributed by atoms with van der Waals surface area (Å²) >= 11 is 0. The fourth-order valence-electron chi connectivity index (χ4n) is 1.74. The number of methoxy groups -OCH3 is 1. The fraction of sp³-hybridized carbons (Fsp3) is 0.200. The quantitative estimate of drug-likeness (QED) is 0.605. The van der Waals surface area contributed by atoms with Gasteiger partial charge >= 0.3 is 0 Å². The van der Waals surface area contributed by atoms with Crippen molar-refractivity contribution in [1.29, 1.82) is 0 Å². The molecule has 5 heteroatoms. The Morgan fingerprint density at radius 2 is 2.27 bits per heavy atom. The van der Waals surface area contributed by atoms with Crippen LogP contribution in [0.25, 0.3) is 10.9 Å². The summed E-state index contributed by atoms with van der Waals surface area (Å²) in [7, 11) is 1.56. The molecule has 0 unspecified atom stereocenters. The van der Waals surface area contributed by atoms with Gasteiger partial charge in [0.15, 0.2) is 0 Å². The van der Waals surface area contributed by atoms with Crippen LogP contribution in [0.2, 0.25) is 0 Å². The van der Waals surface area contributed by atoms with E-state index in [4.69, 9.17) is 4.74 Å². The van der Waals surface area contributed by atoms with Crippen molar-refractivity contribution in [1.82, 2.24) is 4.98 Å². The lowest BCUT2D eigenvalue weighted by molar-refractivity contribution is -0.383. The number of nitro groups is 1. The standard InChI is InChI=1S/C10H10N2O3/c1-6-5-8(12(13)14)9-7(3-4-11-9)10(6)15-2/h3-5,11H,1-2H3. The van der Waals surface area contributed by atoms with Gasteiger partial charge in [0.25, 0.3) is 5.69 Å². The average Bonchev–Trinajstić information content (AvgIpc) is 2.64. The van der Waals surface area contributed by atoms with Crippen LogP contribution in [0.4, 0.5) is 5.69 Å². The van der Waals surface area contributed by atoms with E-state index in [1.165, 1.54) is 6.07 Å². The predicted molar refractivity (Wildman–Crippen MR) is 56.2 cm³/mol. The molecule has 78 valence electrons. The van der Waals surface area contributed by atoms with Crippen LogP contribution in [0.15, 0.2) is 18.3 Å². The second kappa shape index (κ2) is 3.27. The number of benzene rings is 1. The molecule has 0 spiro atoms. The van der Waals surface area contributed by atoms with Crippen molar-refractivity contribution in [2.24, 2.45) is 0 Å². The molecule has 1 heterocycles. The van der Waals surface area contributed by atoms with E-state index in [0.717, 1.165) is 10.9 Å². The highest BCUT2D eigenvalue weighted by Crippen LogP contribution is 2.34. The molecule has 0 amide bonds. The first-order chi connectivity index (χ1) is 7.15. The Kier molecular flexibility index (Phi) is 2.07. The number of nitrogens with one attached hydrogen (secondary N) is 1. The summed E-state index contributed by atoms with van der Waals surface area (Å²) in [5.41, 5.74) is 1.34. The van der Waals surface area contributed by atoms with E-state index >= 15 is 0 Å². The van der Waals surface area contributed by atoms with E-state index in [2.05, 4.69) is 4.98 Å². The van der Waals surface area contributed by atoms with Gasteiger partial charge in [0.1, 0.15) is 11.3 Å². The van der Waals surface area contributed by atoms with Gasteiger partial charge in [-0.1, -0.05) is 0 Å². The van der Waals surface area contributed by atoms with E-state index < -0.39 is 4.92 Å². The molecular weight excluding hydrogens is 196 g/mol. The first-order valence-corrected chi connectivity index (χ1v) is 4.44. The van der Waals surface area contributed by atoms with Crippen LogP contribution in [0.3, 0.4) is 0 Å². The number of ether oxygens (including phenoxy) is 1. The number of rotatable bonds is 2. The topological polar surface area (TPSA) is 68.2 Å². The molecule has 0 aliphatic heterocycles. The number of fused-ring (bicyclic) bond motifs is 1. The van der Waals surface area contributed by atoms with Gasteiger partial charge in [0, 0.05) is 17.6 Å². The summed E-state index contributed by atoms with van der Waals surface area (Å²) in [5, 5.41) is 11.5. The van der Waals surface area contributed by atoms with Crippen LogP contribution in [-0.4, -0.2) is 17.0 Å². The van der Waals surface area contributed by atoms with Crippen LogP contribution in [-0.2, 0) is 0 Å². The zero-order valence-electron chi connectivity index (χ0n) is 8.40. The SMILES string of the molecule is COc1c(C)cc([N+](=O)[O-])c2[nH]ccc12. The second-order valence-corrected chi connectivity index (χ2v) is 3.27. The van der Waals surface area contributed by atoms with Gasteiger partial charge in [-0.25, -0.2) is 0 Å². The van der Waals surface area contributed by atoms with Gasteiger partial charge in [-0.05, 0) is 18.6 Å². The number of H-pyrrole nitrogens is 1. The number of hydrogen-bond donors (Lipinski definition) is 1. The van der Waals surface area contributed by atoms with Gasteiger partial charge in [-0.2, -0.15) is 0 Å². The maximum absolute atomic E-state index is 10.8. The van der Waals surface area contributed by atoms with Crippen LogP contribution in [0.1, 0.15) is 5.56 Å². The number of aromatic amines is 1. The molecule has 0 aliphatic carbocycles. The molecule has 0 atom stereocenters. The van der Waals surface area contributed by atoms with Crippen molar-refractivity contribution < 1.29 is 9.66 Å². The summed E-state index contributed by atoms with van der Waals surface area (Å²) in [6.07, 6.45) is 1.67. The number of non-ortho nitro benzene ring substituents is 1. The minimum atomic E-state index is -0.398. The lowest BCUT2D eigenvalue weighted by Crippen LogP contribution is -1.94. The maximum atomic E-state index is 10.8. The van der Waals surface area contributed by atoms with E-state index in [-0.39, 0.29) is 5.69 Å². The highest BCUT2D eigenvalue weighted by Gasteiger charge is 2.18. The molecule has 0 saturated carbocycles. The number of aryl methyl sites for hydroxylation is 1. The van der Waals surface area contributed by atoms with Gasteiger partial charge in [0.05, 0.1) is 12.0 Å². The van der Waals surface area contributed by atoms with Crippen molar-refractivity contribution in [3.63, 3.8) is 0 Å². The molecular formula is C10H10N2O3. The van der Waals surface area contributed by atoms with Crippen LogP contribution >= 0.6 is 0 Å². The molecule has 2 aromatic rings. The second-order valence-electron chi connectivity index (χ2n) is 3.27. The lowest BCUT2D eigenvalue weighted by atomic mass is 10.1. The monoisotopic (exact) mass is 206 g/mol.